The smallest absolute Gasteiger partial charge is 0.173 e. The molecule has 0 radical (unpaired) electrons. The normalized spacial score (nSPS) is 21.1. The molecule has 2 fully saturated rings. The second-order valence-electron chi connectivity index (χ2n) is 5.30. The number of rotatable bonds is 6. The van der Waals surface area contributed by atoms with Crippen LogP contribution in [0.3, 0.4) is 0 Å². The molecule has 0 aliphatic carbocycles. The zero-order chi connectivity index (χ0) is 12.9. The molecule has 5 heteroatoms. The summed E-state index contributed by atoms with van der Waals surface area (Å²) in [5.74, 6) is 1.80. The molecule has 1 aromatic rings. The molecule has 0 N–H and O–H groups in total. The van der Waals surface area contributed by atoms with Crippen molar-refractivity contribution in [2.45, 2.75) is 25.7 Å². The van der Waals surface area contributed by atoms with Crippen LogP contribution in [0.1, 0.15) is 25.7 Å². The lowest BCUT2D eigenvalue weighted by molar-refractivity contribution is 0.127. The molecule has 106 valence electrons. The van der Waals surface area contributed by atoms with Crippen LogP contribution in [0.15, 0.2) is 10.8 Å². The summed E-state index contributed by atoms with van der Waals surface area (Å²) in [6.07, 6.45) is 5.19. The lowest BCUT2D eigenvalue weighted by Crippen LogP contribution is -2.25. The molecule has 0 saturated carbocycles. The zero-order valence-electron chi connectivity index (χ0n) is 11.3. The molecule has 3 heterocycles. The Kier molecular flexibility index (Phi) is 4.58. The van der Waals surface area contributed by atoms with E-state index in [0.717, 1.165) is 37.7 Å². The molecule has 4 nitrogen and oxygen atoms in total. The first kappa shape index (κ1) is 13.2. The van der Waals surface area contributed by atoms with Crippen LogP contribution in [0.2, 0.25) is 0 Å². The molecular weight excluding hydrogens is 260 g/mol. The van der Waals surface area contributed by atoms with E-state index in [-0.39, 0.29) is 0 Å². The number of ether oxygens (including phenoxy) is 2. The minimum atomic E-state index is 0.691. The minimum Gasteiger partial charge on any atom is -0.473 e. The van der Waals surface area contributed by atoms with Gasteiger partial charge in [-0.2, -0.15) is 0 Å². The van der Waals surface area contributed by atoms with Crippen molar-refractivity contribution in [1.29, 1.82) is 0 Å². The van der Waals surface area contributed by atoms with Gasteiger partial charge in [0.2, 0.25) is 0 Å². The molecular formula is C14H22N2O2S. The minimum absolute atomic E-state index is 0.691. The van der Waals surface area contributed by atoms with E-state index in [4.69, 9.17) is 9.47 Å². The molecule has 0 bridgehead atoms. The summed E-state index contributed by atoms with van der Waals surface area (Å²) in [4.78, 5) is 4.70. The fourth-order valence-corrected chi connectivity index (χ4v) is 3.31. The summed E-state index contributed by atoms with van der Waals surface area (Å²) in [5, 5.41) is 4.07. The number of thiophene rings is 1. The number of likely N-dealkylation sites (tertiary alicyclic amines) is 2. The molecule has 2 aliphatic heterocycles. The average Bonchev–Trinajstić information content (AvgIpc) is 3.16. The van der Waals surface area contributed by atoms with Gasteiger partial charge in [0.15, 0.2) is 11.5 Å². The van der Waals surface area contributed by atoms with E-state index >= 15 is 0 Å². The van der Waals surface area contributed by atoms with Crippen LogP contribution in [0.5, 0.6) is 11.5 Å². The monoisotopic (exact) mass is 282 g/mol. The Balaban J connectivity index is 1.46. The summed E-state index contributed by atoms with van der Waals surface area (Å²) in [6, 6.07) is 0. The van der Waals surface area contributed by atoms with Gasteiger partial charge in [0.1, 0.15) is 13.5 Å². The highest BCUT2D eigenvalue weighted by atomic mass is 32.1. The quantitative estimate of drug-likeness (QED) is 0.801. The molecule has 0 amide bonds. The Labute approximate surface area is 118 Å². The Hall–Kier alpha value is -0.780. The van der Waals surface area contributed by atoms with E-state index in [1.165, 1.54) is 25.7 Å². The maximum absolute atomic E-state index is 5.87. The molecule has 2 aliphatic rings. The number of hydrogen-bond donors (Lipinski definition) is 0. The summed E-state index contributed by atoms with van der Waals surface area (Å²) in [7, 11) is 0. The van der Waals surface area contributed by atoms with Crippen molar-refractivity contribution in [2.24, 2.45) is 0 Å². The van der Waals surface area contributed by atoms with Gasteiger partial charge in [-0.25, -0.2) is 0 Å². The Morgan fingerprint density at radius 1 is 0.789 bits per heavy atom. The Morgan fingerprint density at radius 2 is 1.21 bits per heavy atom. The van der Waals surface area contributed by atoms with Crippen molar-refractivity contribution in [3.63, 3.8) is 0 Å². The van der Waals surface area contributed by atoms with Gasteiger partial charge in [0.25, 0.3) is 0 Å². The first-order valence-electron chi connectivity index (χ1n) is 7.18. The van der Waals surface area contributed by atoms with Crippen molar-refractivity contribution in [3.05, 3.63) is 10.8 Å². The molecule has 1 aromatic heterocycles. The first-order chi connectivity index (χ1) is 9.42. The highest BCUT2D eigenvalue weighted by molar-refractivity contribution is 7.08. The number of hydrogen-bond acceptors (Lipinski definition) is 5. The largest absolute Gasteiger partial charge is 0.473 e. The van der Waals surface area contributed by atoms with Gasteiger partial charge >= 0.3 is 0 Å². The Morgan fingerprint density at radius 3 is 1.63 bits per heavy atom. The summed E-state index contributed by atoms with van der Waals surface area (Å²) in [5.41, 5.74) is 0. The van der Waals surface area contributed by atoms with Crippen molar-refractivity contribution >= 4 is 11.3 Å². The fraction of sp³-hybridized carbons (Fsp3) is 0.714. The van der Waals surface area contributed by atoms with Crippen LogP contribution in [0.4, 0.5) is 0 Å². The average molecular weight is 282 g/mol. The lowest BCUT2D eigenvalue weighted by atomic mass is 10.4. The molecule has 0 spiro atoms. The predicted octanol–water partition coefficient (Wildman–Crippen LogP) is 2.61. The highest BCUT2D eigenvalue weighted by Gasteiger charge is 2.15. The molecule has 3 rings (SSSR count). The van der Waals surface area contributed by atoms with E-state index in [0.29, 0.717) is 13.5 Å². The van der Waals surface area contributed by atoms with Crippen LogP contribution in [0.25, 0.3) is 0 Å². The molecule has 19 heavy (non-hydrogen) atoms. The standard InChI is InChI=1S/C14H22N2O2S/c1-2-6-15(5-1)11-17-13-9-19-10-14(13)18-12-16-7-3-4-8-16/h9-10H,1-8,11-12H2. The van der Waals surface area contributed by atoms with Gasteiger partial charge < -0.3 is 9.47 Å². The number of nitrogens with zero attached hydrogens (tertiary/aromatic N) is 2. The van der Waals surface area contributed by atoms with E-state index in [2.05, 4.69) is 9.80 Å². The topological polar surface area (TPSA) is 24.9 Å². The summed E-state index contributed by atoms with van der Waals surface area (Å²) >= 11 is 1.64. The Bertz CT molecular complexity index is 350. The van der Waals surface area contributed by atoms with Gasteiger partial charge in [-0.15, -0.1) is 11.3 Å². The highest BCUT2D eigenvalue weighted by Crippen LogP contribution is 2.32. The van der Waals surface area contributed by atoms with Crippen molar-refractivity contribution < 1.29 is 9.47 Å². The van der Waals surface area contributed by atoms with Crippen LogP contribution >= 0.6 is 11.3 Å². The van der Waals surface area contributed by atoms with E-state index in [1.807, 2.05) is 10.8 Å². The van der Waals surface area contributed by atoms with Gasteiger partial charge in [-0.05, 0) is 25.7 Å². The third-order valence-electron chi connectivity index (χ3n) is 3.80. The lowest BCUT2D eigenvalue weighted by Gasteiger charge is -2.18. The van der Waals surface area contributed by atoms with Gasteiger partial charge in [-0.1, -0.05) is 0 Å². The van der Waals surface area contributed by atoms with Crippen LogP contribution in [-0.4, -0.2) is 49.4 Å². The second-order valence-corrected chi connectivity index (χ2v) is 6.04. The predicted molar refractivity (Wildman–Crippen MR) is 76.9 cm³/mol. The molecule has 0 unspecified atom stereocenters. The van der Waals surface area contributed by atoms with Crippen LogP contribution in [-0.2, 0) is 0 Å². The molecule has 0 aromatic carbocycles. The van der Waals surface area contributed by atoms with E-state index in [9.17, 15) is 0 Å². The molecule has 2 saturated heterocycles. The maximum atomic E-state index is 5.87. The summed E-state index contributed by atoms with van der Waals surface area (Å²) in [6.45, 7) is 6.03. The van der Waals surface area contributed by atoms with Crippen molar-refractivity contribution in [3.8, 4) is 11.5 Å². The van der Waals surface area contributed by atoms with Crippen LogP contribution in [0, 0.1) is 0 Å². The fourth-order valence-electron chi connectivity index (χ4n) is 2.63. The zero-order valence-corrected chi connectivity index (χ0v) is 12.2. The molecule has 0 atom stereocenters. The van der Waals surface area contributed by atoms with Crippen molar-refractivity contribution in [1.82, 2.24) is 9.80 Å². The first-order valence-corrected chi connectivity index (χ1v) is 8.12. The van der Waals surface area contributed by atoms with Gasteiger partial charge in [0.05, 0.1) is 0 Å². The second kappa shape index (κ2) is 6.59. The van der Waals surface area contributed by atoms with Crippen molar-refractivity contribution in [2.75, 3.05) is 39.6 Å². The SMILES string of the molecule is c1scc(OCN2CCCC2)c1OCN1CCCC1. The van der Waals surface area contributed by atoms with Gasteiger partial charge in [-0.3, -0.25) is 9.80 Å². The summed E-state index contributed by atoms with van der Waals surface area (Å²) < 4.78 is 11.7. The third-order valence-corrected chi connectivity index (χ3v) is 4.50. The van der Waals surface area contributed by atoms with E-state index < -0.39 is 0 Å². The maximum Gasteiger partial charge on any atom is 0.173 e. The van der Waals surface area contributed by atoms with E-state index in [1.54, 1.807) is 11.3 Å². The third kappa shape index (κ3) is 3.61. The van der Waals surface area contributed by atoms with Crippen LogP contribution < -0.4 is 9.47 Å². The van der Waals surface area contributed by atoms with Gasteiger partial charge in [0, 0.05) is 36.9 Å².